The number of ether oxygens (including phenoxy) is 7. The van der Waals surface area contributed by atoms with Gasteiger partial charge in [0.2, 0.25) is 5.91 Å². The second kappa shape index (κ2) is 15.5. The minimum absolute atomic E-state index is 0.669. The van der Waals surface area contributed by atoms with Gasteiger partial charge in [-0.3, -0.25) is 4.79 Å². The second-order valence-corrected chi connectivity index (χ2v) is 11.8. The topological polar surface area (TPSA) is 316 Å². The van der Waals surface area contributed by atoms with Crippen molar-refractivity contribution in [3.8, 4) is 0 Å². The summed E-state index contributed by atoms with van der Waals surface area (Å²) >= 11 is 0. The number of carbonyl (C=O) groups excluding carboxylic acids is 1. The number of hydrogen-bond donors (Lipinski definition) is 12. The van der Waals surface area contributed by atoms with Crippen molar-refractivity contribution in [2.45, 2.75) is 144 Å². The van der Waals surface area contributed by atoms with Gasteiger partial charge in [0.1, 0.15) is 85.4 Å². The van der Waals surface area contributed by atoms with E-state index in [2.05, 4.69) is 5.32 Å². The Bertz CT molecular complexity index is 997. The summed E-state index contributed by atoms with van der Waals surface area (Å²) in [5.74, 6) is -0.669. The molecule has 4 heterocycles. The number of aliphatic hydroxyl groups is 11. The van der Waals surface area contributed by atoms with Crippen molar-refractivity contribution in [3.05, 3.63) is 0 Å². The van der Waals surface area contributed by atoms with Crippen LogP contribution in [0.4, 0.5) is 0 Å². The molecule has 20 heteroatoms. The molecular weight excluding hydrogens is 630 g/mol. The first-order chi connectivity index (χ1) is 21.6. The molecule has 4 fully saturated rings. The van der Waals surface area contributed by atoms with Gasteiger partial charge in [-0.15, -0.1) is 0 Å². The first-order valence-corrected chi connectivity index (χ1v) is 14.8. The highest BCUT2D eigenvalue weighted by atomic mass is 16.8. The summed E-state index contributed by atoms with van der Waals surface area (Å²) in [7, 11) is 0. The molecule has 0 bridgehead atoms. The summed E-state index contributed by atoms with van der Waals surface area (Å²) in [6, 6.07) is -1.46. The highest BCUT2D eigenvalue weighted by Gasteiger charge is 2.55. The Kier molecular flexibility index (Phi) is 12.7. The van der Waals surface area contributed by atoms with Crippen LogP contribution in [0.1, 0.15) is 20.8 Å². The van der Waals surface area contributed by atoms with E-state index in [1.807, 2.05) is 0 Å². The first kappa shape index (κ1) is 37.6. The number of hydrogen-bond acceptors (Lipinski definition) is 19. The monoisotopic (exact) mass is 675 g/mol. The van der Waals surface area contributed by atoms with Gasteiger partial charge in [-0.1, -0.05) is 0 Å². The molecule has 0 aromatic rings. The average molecular weight is 676 g/mol. The Morgan fingerprint density at radius 3 is 1.67 bits per heavy atom. The zero-order valence-electron chi connectivity index (χ0n) is 25.1. The number of amides is 1. The van der Waals surface area contributed by atoms with E-state index in [1.165, 1.54) is 13.8 Å². The maximum absolute atomic E-state index is 11.9. The molecule has 0 unspecified atom stereocenters. The Labute approximate surface area is 262 Å². The zero-order chi connectivity index (χ0) is 34.2. The fraction of sp³-hybridized carbons (Fsp3) is 0.962. The van der Waals surface area contributed by atoms with Crippen LogP contribution in [-0.2, 0) is 38.0 Å². The second-order valence-electron chi connectivity index (χ2n) is 11.8. The summed E-state index contributed by atoms with van der Waals surface area (Å²) in [5, 5.41) is 117. The third-order valence-corrected chi connectivity index (χ3v) is 8.53. The molecule has 46 heavy (non-hydrogen) atoms. The van der Waals surface area contributed by atoms with Gasteiger partial charge in [0.15, 0.2) is 25.2 Å². The summed E-state index contributed by atoms with van der Waals surface area (Å²) in [6.45, 7) is 2.26. The van der Waals surface area contributed by atoms with Crippen LogP contribution in [0.3, 0.4) is 0 Å². The van der Waals surface area contributed by atoms with Crippen molar-refractivity contribution in [1.82, 2.24) is 5.32 Å². The molecule has 0 spiro atoms. The van der Waals surface area contributed by atoms with E-state index in [0.29, 0.717) is 0 Å². The van der Waals surface area contributed by atoms with Crippen molar-refractivity contribution in [2.75, 3.05) is 13.2 Å². The summed E-state index contributed by atoms with van der Waals surface area (Å²) < 4.78 is 39.1. The number of rotatable bonds is 9. The van der Waals surface area contributed by atoms with Crippen LogP contribution >= 0.6 is 0 Å². The zero-order valence-corrected chi connectivity index (χ0v) is 25.1. The fourth-order valence-corrected chi connectivity index (χ4v) is 5.81. The predicted octanol–water partition coefficient (Wildman–Crippen LogP) is -7.55. The molecule has 4 aliphatic rings. The Morgan fingerprint density at radius 2 is 1.09 bits per heavy atom. The van der Waals surface area contributed by atoms with E-state index in [9.17, 15) is 61.0 Å². The minimum Gasteiger partial charge on any atom is -0.394 e. The number of carbonyl (C=O) groups is 1. The molecule has 268 valence electrons. The molecule has 20 atom stereocenters. The lowest BCUT2D eigenvalue weighted by molar-refractivity contribution is -0.390. The molecule has 0 aromatic heterocycles. The van der Waals surface area contributed by atoms with Crippen LogP contribution in [0.15, 0.2) is 0 Å². The largest absolute Gasteiger partial charge is 0.394 e. The molecule has 0 aromatic carbocycles. The first-order valence-electron chi connectivity index (χ1n) is 14.8. The van der Waals surface area contributed by atoms with Crippen molar-refractivity contribution in [2.24, 2.45) is 0 Å². The maximum Gasteiger partial charge on any atom is 0.217 e. The van der Waals surface area contributed by atoms with Crippen LogP contribution in [0.2, 0.25) is 0 Å². The average Bonchev–Trinajstić information content (AvgIpc) is 3.01. The van der Waals surface area contributed by atoms with Gasteiger partial charge < -0.3 is 94.6 Å². The van der Waals surface area contributed by atoms with Gasteiger partial charge in [0.25, 0.3) is 0 Å². The number of aliphatic hydroxyl groups excluding tert-OH is 11. The van der Waals surface area contributed by atoms with Gasteiger partial charge in [0.05, 0.1) is 25.4 Å². The molecular formula is C26H45NO19. The lowest BCUT2D eigenvalue weighted by atomic mass is 9.95. The Hall–Kier alpha value is -1.25. The summed E-state index contributed by atoms with van der Waals surface area (Å²) in [4.78, 5) is 11.9. The lowest BCUT2D eigenvalue weighted by Gasteiger charge is -2.49. The van der Waals surface area contributed by atoms with Gasteiger partial charge in [0, 0.05) is 6.92 Å². The van der Waals surface area contributed by atoms with Crippen LogP contribution in [0, 0.1) is 0 Å². The van der Waals surface area contributed by atoms with Crippen LogP contribution in [0.5, 0.6) is 0 Å². The third kappa shape index (κ3) is 7.64. The molecule has 1 amide bonds. The van der Waals surface area contributed by atoms with Crippen LogP contribution < -0.4 is 5.32 Å². The van der Waals surface area contributed by atoms with Gasteiger partial charge in [-0.25, -0.2) is 0 Å². The summed E-state index contributed by atoms with van der Waals surface area (Å²) in [6.07, 6.45) is -31.0. The van der Waals surface area contributed by atoms with E-state index in [0.717, 1.165) is 6.92 Å². The molecule has 12 N–H and O–H groups in total. The van der Waals surface area contributed by atoms with Crippen molar-refractivity contribution in [3.63, 3.8) is 0 Å². The van der Waals surface area contributed by atoms with Gasteiger partial charge >= 0.3 is 0 Å². The van der Waals surface area contributed by atoms with Crippen LogP contribution in [0.25, 0.3) is 0 Å². The van der Waals surface area contributed by atoms with Gasteiger partial charge in [-0.05, 0) is 13.8 Å². The molecule has 0 saturated carbocycles. The normalized spacial score (nSPS) is 51.9. The highest BCUT2D eigenvalue weighted by molar-refractivity contribution is 5.73. The van der Waals surface area contributed by atoms with Crippen molar-refractivity contribution < 1.29 is 94.1 Å². The van der Waals surface area contributed by atoms with E-state index >= 15 is 0 Å². The smallest absolute Gasteiger partial charge is 0.217 e. The molecule has 4 saturated heterocycles. The Morgan fingerprint density at radius 1 is 0.565 bits per heavy atom. The van der Waals surface area contributed by atoms with E-state index < -0.39 is 142 Å². The SMILES string of the molecule is CC(=O)N[C@@H]1[C@@H](O[C@H]2O[C@H](CO)[C@H](O)[C@H](O)[C@H]2O[C@H]2O[C@H](C)[C@@H](O)[C@H](O[C@H]3O[C@H](C)[C@@H](O)[C@H](O)[C@@H]3O)[C@@H]2O)[C@H](O)[C@@H](CO)O[C@@H]1O. The number of nitrogens with one attached hydrogen (secondary N) is 1. The molecule has 4 aliphatic heterocycles. The molecule has 4 rings (SSSR count). The predicted molar refractivity (Wildman–Crippen MR) is 143 cm³/mol. The maximum atomic E-state index is 11.9. The van der Waals surface area contributed by atoms with Crippen LogP contribution in [-0.4, -0.2) is 198 Å². The quantitative estimate of drug-likeness (QED) is 0.108. The third-order valence-electron chi connectivity index (χ3n) is 8.53. The van der Waals surface area contributed by atoms with E-state index in [-0.39, 0.29) is 0 Å². The molecule has 0 radical (unpaired) electrons. The summed E-state index contributed by atoms with van der Waals surface area (Å²) in [5.41, 5.74) is 0. The fourth-order valence-electron chi connectivity index (χ4n) is 5.81. The van der Waals surface area contributed by atoms with Gasteiger partial charge in [-0.2, -0.15) is 0 Å². The van der Waals surface area contributed by atoms with Crippen molar-refractivity contribution in [1.29, 1.82) is 0 Å². The molecule has 0 aliphatic carbocycles. The standard InChI is InChI=1S/C26H45NO19/c1-6-12(31)16(35)18(37)24(40-6)45-21-13(32)7(2)41-25(19(21)38)46-22-17(36)14(33)9(4-28)43-26(22)44-20-11(27-8(3)30)23(39)42-10(5-29)15(20)34/h6-7,9-26,28-29,31-39H,4-5H2,1-3H3,(H,27,30)/t6-,7-,9-,10-,11-,12-,13-,14+,15-,16+,17+,18+,19+,20-,21+,22-,23+,24-,25-,26-/m1/s1. The van der Waals surface area contributed by atoms with E-state index in [4.69, 9.17) is 33.2 Å². The highest BCUT2D eigenvalue weighted by Crippen LogP contribution is 2.34. The van der Waals surface area contributed by atoms with E-state index in [1.54, 1.807) is 0 Å². The lowest BCUT2D eigenvalue weighted by Crippen LogP contribution is -2.69. The van der Waals surface area contributed by atoms with Crippen molar-refractivity contribution >= 4 is 5.91 Å². The Balaban J connectivity index is 1.58. The molecule has 20 nitrogen and oxygen atoms in total. The minimum atomic E-state index is -1.93.